The second-order valence-electron chi connectivity index (χ2n) is 5.65. The van der Waals surface area contributed by atoms with Crippen LogP contribution in [0.1, 0.15) is 34.1 Å². The fourth-order valence-corrected chi connectivity index (χ4v) is 2.34. The Morgan fingerprint density at radius 1 is 1.24 bits per heavy atom. The molecule has 2 atom stereocenters. The zero-order valence-corrected chi connectivity index (χ0v) is 15.0. The number of hydrogen-bond acceptors (Lipinski definition) is 6. The first kappa shape index (κ1) is 20.5. The fourth-order valence-electron chi connectivity index (χ4n) is 2.34. The third-order valence-electron chi connectivity index (χ3n) is 3.21. The summed E-state index contributed by atoms with van der Waals surface area (Å²) in [6.45, 7) is 7.88. The van der Waals surface area contributed by atoms with Gasteiger partial charge in [0.1, 0.15) is 5.69 Å². The molecule has 9 nitrogen and oxygen atoms in total. The van der Waals surface area contributed by atoms with Gasteiger partial charge in [-0.1, -0.05) is 0 Å². The van der Waals surface area contributed by atoms with Crippen LogP contribution in [-0.4, -0.2) is 36.3 Å². The molecule has 0 fully saturated rings. The van der Waals surface area contributed by atoms with E-state index in [1.54, 1.807) is 20.8 Å². The number of hydrogen-bond donors (Lipinski definition) is 3. The van der Waals surface area contributed by atoms with E-state index >= 15 is 0 Å². The topological polar surface area (TPSA) is 129 Å². The molecule has 0 aliphatic heterocycles. The second-order valence-corrected chi connectivity index (χ2v) is 5.65. The van der Waals surface area contributed by atoms with Crippen molar-refractivity contribution in [2.45, 2.75) is 46.2 Å². The maximum atomic E-state index is 12.1. The summed E-state index contributed by atoms with van der Waals surface area (Å²) in [4.78, 5) is 22.8. The number of anilines is 1. The lowest BCUT2D eigenvalue weighted by atomic mass is 10.1. The highest BCUT2D eigenvalue weighted by molar-refractivity contribution is 5.92. The minimum atomic E-state index is -0.584. The molecule has 0 bridgehead atoms. The number of ether oxygens (including phenoxy) is 2. The predicted molar refractivity (Wildman–Crippen MR) is 95.3 cm³/mol. The molecule has 25 heavy (non-hydrogen) atoms. The third kappa shape index (κ3) is 6.46. The van der Waals surface area contributed by atoms with E-state index in [1.165, 1.54) is 12.1 Å². The number of rotatable bonds is 9. The number of carbonyl (C=O) groups is 1. The van der Waals surface area contributed by atoms with E-state index in [4.69, 9.17) is 15.2 Å². The van der Waals surface area contributed by atoms with Crippen molar-refractivity contribution >= 4 is 17.4 Å². The van der Waals surface area contributed by atoms with Crippen molar-refractivity contribution in [1.82, 2.24) is 5.32 Å². The number of nitro groups is 1. The molecule has 0 aliphatic rings. The summed E-state index contributed by atoms with van der Waals surface area (Å²) in [7, 11) is 0. The van der Waals surface area contributed by atoms with E-state index in [-0.39, 0.29) is 29.2 Å². The van der Waals surface area contributed by atoms with Gasteiger partial charge < -0.3 is 25.8 Å². The summed E-state index contributed by atoms with van der Waals surface area (Å²) in [5.41, 5.74) is 5.45. The molecule has 9 heteroatoms. The van der Waals surface area contributed by atoms with Crippen LogP contribution >= 0.6 is 0 Å². The number of urea groups is 1. The summed E-state index contributed by atoms with van der Waals surface area (Å²) in [6.07, 6.45) is 0.586. The molecule has 0 aliphatic carbocycles. The summed E-state index contributed by atoms with van der Waals surface area (Å²) < 4.78 is 10.8. The van der Waals surface area contributed by atoms with Crippen molar-refractivity contribution in [3.63, 3.8) is 0 Å². The molecule has 0 heterocycles. The first-order valence-corrected chi connectivity index (χ1v) is 8.19. The molecule has 2 amide bonds. The zero-order valence-electron chi connectivity index (χ0n) is 15.0. The number of carbonyl (C=O) groups excluding carboxylic acids is 1. The van der Waals surface area contributed by atoms with Crippen LogP contribution in [0.4, 0.5) is 16.2 Å². The highest BCUT2D eigenvalue weighted by atomic mass is 16.6. The summed E-state index contributed by atoms with van der Waals surface area (Å²) in [6, 6.07) is 1.84. The number of benzene rings is 1. The van der Waals surface area contributed by atoms with Crippen LogP contribution < -0.4 is 25.8 Å². The maximum absolute atomic E-state index is 12.1. The predicted octanol–water partition coefficient (Wildman–Crippen LogP) is 2.64. The van der Waals surface area contributed by atoms with Crippen LogP contribution in [0.25, 0.3) is 0 Å². The molecule has 1 aromatic rings. The number of nitrogens with two attached hydrogens (primary N) is 1. The van der Waals surface area contributed by atoms with Crippen molar-refractivity contribution in [2.75, 3.05) is 18.5 Å². The summed E-state index contributed by atoms with van der Waals surface area (Å²) >= 11 is 0. The lowest BCUT2D eigenvalue weighted by Crippen LogP contribution is -2.39. The molecule has 2 unspecified atom stereocenters. The minimum absolute atomic E-state index is 0.0300. The Kier molecular flexibility index (Phi) is 7.93. The van der Waals surface area contributed by atoms with E-state index in [2.05, 4.69) is 10.6 Å². The molecule has 0 saturated carbocycles. The summed E-state index contributed by atoms with van der Waals surface area (Å²) in [5.74, 6) is 0.584. The van der Waals surface area contributed by atoms with Crippen molar-refractivity contribution in [1.29, 1.82) is 0 Å². The lowest BCUT2D eigenvalue weighted by molar-refractivity contribution is -0.384. The van der Waals surface area contributed by atoms with Crippen molar-refractivity contribution in [3.05, 3.63) is 22.2 Å². The standard InChI is InChI=1S/C16H26N4O5/c1-5-24-14-8-12(13(20(22)23)9-15(14)25-6-2)19-16(21)18-11(4)7-10(3)17/h8-11H,5-7,17H2,1-4H3,(H2,18,19,21). The van der Waals surface area contributed by atoms with Gasteiger partial charge in [-0.05, 0) is 34.1 Å². The van der Waals surface area contributed by atoms with Gasteiger partial charge >= 0.3 is 6.03 Å². The van der Waals surface area contributed by atoms with E-state index in [1.807, 2.05) is 6.92 Å². The van der Waals surface area contributed by atoms with Gasteiger partial charge in [0.15, 0.2) is 11.5 Å². The van der Waals surface area contributed by atoms with Crippen LogP contribution in [-0.2, 0) is 0 Å². The average Bonchev–Trinajstić information content (AvgIpc) is 2.48. The molecule has 0 saturated heterocycles. The first-order valence-electron chi connectivity index (χ1n) is 8.19. The van der Waals surface area contributed by atoms with Crippen molar-refractivity contribution in [2.24, 2.45) is 5.73 Å². The number of amides is 2. The van der Waals surface area contributed by atoms with Gasteiger partial charge in [0, 0.05) is 18.2 Å². The summed E-state index contributed by atoms with van der Waals surface area (Å²) in [5, 5.41) is 16.5. The smallest absolute Gasteiger partial charge is 0.319 e. The molecule has 140 valence electrons. The van der Waals surface area contributed by atoms with Crippen LogP contribution in [0.2, 0.25) is 0 Å². The van der Waals surface area contributed by atoms with Gasteiger partial charge in [-0.2, -0.15) is 0 Å². The Morgan fingerprint density at radius 3 is 2.28 bits per heavy atom. The fraction of sp³-hybridized carbons (Fsp3) is 0.562. The highest BCUT2D eigenvalue weighted by Crippen LogP contribution is 2.38. The molecule has 1 aromatic carbocycles. The molecular weight excluding hydrogens is 328 g/mol. The third-order valence-corrected chi connectivity index (χ3v) is 3.21. The van der Waals surface area contributed by atoms with Crippen LogP contribution in [0, 0.1) is 10.1 Å². The molecular formula is C16H26N4O5. The molecule has 0 aromatic heterocycles. The van der Waals surface area contributed by atoms with E-state index < -0.39 is 11.0 Å². The van der Waals surface area contributed by atoms with Gasteiger partial charge in [-0.15, -0.1) is 0 Å². The maximum Gasteiger partial charge on any atom is 0.319 e. The first-order chi connectivity index (χ1) is 11.8. The van der Waals surface area contributed by atoms with Crippen LogP contribution in [0.15, 0.2) is 12.1 Å². The Balaban J connectivity index is 3.05. The monoisotopic (exact) mass is 354 g/mol. The van der Waals surface area contributed by atoms with Gasteiger partial charge in [0.05, 0.1) is 24.2 Å². The zero-order chi connectivity index (χ0) is 19.0. The van der Waals surface area contributed by atoms with Crippen molar-refractivity contribution in [3.8, 4) is 11.5 Å². The van der Waals surface area contributed by atoms with Crippen LogP contribution in [0.3, 0.4) is 0 Å². The SMILES string of the molecule is CCOc1cc(NC(=O)NC(C)CC(C)N)c([N+](=O)[O-])cc1OCC. The van der Waals surface area contributed by atoms with Crippen molar-refractivity contribution < 1.29 is 19.2 Å². The van der Waals surface area contributed by atoms with Crippen LogP contribution in [0.5, 0.6) is 11.5 Å². The quantitative estimate of drug-likeness (QED) is 0.462. The molecule has 0 radical (unpaired) electrons. The number of nitrogens with one attached hydrogen (secondary N) is 2. The number of nitrogens with zero attached hydrogens (tertiary/aromatic N) is 1. The molecule has 0 spiro atoms. The van der Waals surface area contributed by atoms with Gasteiger partial charge in [-0.25, -0.2) is 4.79 Å². The number of nitro benzene ring substituents is 1. The van der Waals surface area contributed by atoms with Gasteiger partial charge in [-0.3, -0.25) is 10.1 Å². The Bertz CT molecular complexity index is 606. The highest BCUT2D eigenvalue weighted by Gasteiger charge is 2.22. The van der Waals surface area contributed by atoms with E-state index in [9.17, 15) is 14.9 Å². The van der Waals surface area contributed by atoms with Gasteiger partial charge in [0.25, 0.3) is 5.69 Å². The van der Waals surface area contributed by atoms with E-state index in [0.717, 1.165) is 0 Å². The largest absolute Gasteiger partial charge is 0.490 e. The normalized spacial score (nSPS) is 12.8. The Morgan fingerprint density at radius 2 is 1.80 bits per heavy atom. The second kappa shape index (κ2) is 9.67. The van der Waals surface area contributed by atoms with E-state index in [0.29, 0.717) is 25.4 Å². The average molecular weight is 354 g/mol. The van der Waals surface area contributed by atoms with Gasteiger partial charge in [0.2, 0.25) is 0 Å². The molecule has 4 N–H and O–H groups in total. The lowest BCUT2D eigenvalue weighted by Gasteiger charge is -2.17. The Hall–Kier alpha value is -2.55. The Labute approximate surface area is 147 Å². The minimum Gasteiger partial charge on any atom is -0.490 e. The molecule has 1 rings (SSSR count).